The lowest BCUT2D eigenvalue weighted by Gasteiger charge is -2.26. The second-order valence-electron chi connectivity index (χ2n) is 11.0. The van der Waals surface area contributed by atoms with Gasteiger partial charge in [-0.15, -0.1) is 0 Å². The lowest BCUT2D eigenvalue weighted by atomic mass is 9.81. The molecule has 0 unspecified atom stereocenters. The van der Waals surface area contributed by atoms with Crippen LogP contribution in [0, 0.1) is 0 Å². The first kappa shape index (κ1) is 31.2. The van der Waals surface area contributed by atoms with E-state index in [-0.39, 0.29) is 10.8 Å². The van der Waals surface area contributed by atoms with Crippen LogP contribution >= 0.6 is 24.1 Å². The van der Waals surface area contributed by atoms with E-state index in [1.54, 1.807) is 0 Å². The van der Waals surface area contributed by atoms with Gasteiger partial charge in [0.1, 0.15) is 6.61 Å². The van der Waals surface area contributed by atoms with Crippen molar-refractivity contribution in [2.45, 2.75) is 38.5 Å². The number of hydrogen-bond donors (Lipinski definition) is 0. The minimum absolute atomic E-state index is 0.0601. The van der Waals surface area contributed by atoms with Gasteiger partial charge in [-0.3, -0.25) is 0 Å². The van der Waals surface area contributed by atoms with Crippen molar-refractivity contribution in [3.8, 4) is 0 Å². The lowest BCUT2D eigenvalue weighted by Crippen LogP contribution is -2.28. The predicted octanol–water partition coefficient (Wildman–Crippen LogP) is 8.56. The van der Waals surface area contributed by atoms with Crippen LogP contribution in [-0.4, -0.2) is 49.1 Å². The highest BCUT2D eigenvalue weighted by atomic mass is 32.2. The molecule has 0 bridgehead atoms. The van der Waals surface area contributed by atoms with Gasteiger partial charge in [-0.2, -0.15) is 4.58 Å². The standard InChI is InChI=1S/C35H43N2O2S2/c1-34(2)28-18-14-16-20-30(28)36(24-26-38-40-5)32(34)22-12-10-8-7-9-11-13-23-33-35(3,4)29-19-15-17-21-31(29)37(33)25-27-39-41-6/h7-23H,24-27H2,1-6H3/q+1. The molecule has 2 aromatic carbocycles. The highest BCUT2D eigenvalue weighted by Crippen LogP contribution is 2.47. The molecule has 0 atom stereocenters. The Balaban J connectivity index is 1.43. The van der Waals surface area contributed by atoms with Crippen LogP contribution in [0.5, 0.6) is 0 Å². The maximum atomic E-state index is 5.60. The third kappa shape index (κ3) is 7.00. The van der Waals surface area contributed by atoms with E-state index in [0.717, 1.165) is 13.1 Å². The molecule has 0 saturated carbocycles. The van der Waals surface area contributed by atoms with Gasteiger partial charge in [-0.05, 0) is 55.6 Å². The molecular weight excluding hydrogens is 545 g/mol. The fraction of sp³-hybridized carbons (Fsp3) is 0.343. The van der Waals surface area contributed by atoms with E-state index >= 15 is 0 Å². The number of benzene rings is 2. The zero-order valence-corrected chi connectivity index (χ0v) is 26.8. The number of rotatable bonds is 13. The molecule has 4 rings (SSSR count). The number of anilines is 1. The van der Waals surface area contributed by atoms with Crippen LogP contribution in [0.25, 0.3) is 0 Å². The number of allylic oxidation sites excluding steroid dienone is 10. The monoisotopic (exact) mass is 587 g/mol. The summed E-state index contributed by atoms with van der Waals surface area (Å²) in [5.41, 5.74) is 7.71. The van der Waals surface area contributed by atoms with Crippen molar-refractivity contribution in [3.05, 3.63) is 120 Å². The fourth-order valence-corrected chi connectivity index (χ4v) is 6.28. The number of para-hydroxylation sites is 2. The molecular formula is C35H43N2O2S2+. The molecule has 0 radical (unpaired) electrons. The maximum absolute atomic E-state index is 5.60. The molecule has 216 valence electrons. The van der Waals surface area contributed by atoms with E-state index in [0.29, 0.717) is 13.2 Å². The number of nitrogens with zero attached hydrogens (tertiary/aromatic N) is 2. The van der Waals surface area contributed by atoms with Crippen molar-refractivity contribution in [2.24, 2.45) is 0 Å². The summed E-state index contributed by atoms with van der Waals surface area (Å²) in [6.45, 7) is 12.2. The van der Waals surface area contributed by atoms with Crippen molar-refractivity contribution in [3.63, 3.8) is 0 Å². The molecule has 0 aromatic heterocycles. The summed E-state index contributed by atoms with van der Waals surface area (Å²) >= 11 is 2.84. The molecule has 2 aliphatic heterocycles. The fourth-order valence-electron chi connectivity index (χ4n) is 5.80. The molecule has 2 heterocycles. The third-order valence-corrected chi connectivity index (χ3v) is 8.61. The first-order valence-electron chi connectivity index (χ1n) is 14.2. The molecule has 0 fully saturated rings. The molecule has 0 spiro atoms. The summed E-state index contributed by atoms with van der Waals surface area (Å²) in [4.78, 5) is 2.39. The topological polar surface area (TPSA) is 24.7 Å². The minimum atomic E-state index is -0.0601. The van der Waals surface area contributed by atoms with E-state index in [4.69, 9.17) is 8.37 Å². The molecule has 2 aliphatic rings. The van der Waals surface area contributed by atoms with Gasteiger partial charge in [0, 0.05) is 53.6 Å². The smallest absolute Gasteiger partial charge is 0.209 e. The number of fused-ring (bicyclic) bond motifs is 2. The van der Waals surface area contributed by atoms with E-state index in [2.05, 4.69) is 140 Å². The maximum Gasteiger partial charge on any atom is 0.209 e. The van der Waals surface area contributed by atoms with E-state index < -0.39 is 0 Å². The summed E-state index contributed by atoms with van der Waals surface area (Å²) < 4.78 is 13.6. The Bertz CT molecular complexity index is 1380. The van der Waals surface area contributed by atoms with Crippen LogP contribution in [0.4, 0.5) is 11.4 Å². The van der Waals surface area contributed by atoms with Crippen molar-refractivity contribution in [2.75, 3.05) is 43.7 Å². The molecule has 0 aliphatic carbocycles. The molecule has 41 heavy (non-hydrogen) atoms. The Labute approximate surface area is 255 Å². The Kier molecular flexibility index (Phi) is 11.0. The van der Waals surface area contributed by atoms with Crippen LogP contribution in [-0.2, 0) is 19.2 Å². The third-order valence-electron chi connectivity index (χ3n) is 7.81. The normalized spacial score (nSPS) is 18.7. The predicted molar refractivity (Wildman–Crippen MR) is 180 cm³/mol. The average Bonchev–Trinajstić information content (AvgIpc) is 3.31. The van der Waals surface area contributed by atoms with Crippen LogP contribution in [0.1, 0.15) is 38.8 Å². The van der Waals surface area contributed by atoms with Crippen molar-refractivity contribution >= 4 is 41.2 Å². The van der Waals surface area contributed by atoms with Gasteiger partial charge < -0.3 is 13.3 Å². The molecule has 0 saturated heterocycles. The summed E-state index contributed by atoms with van der Waals surface area (Å²) in [5, 5.41) is 0. The summed E-state index contributed by atoms with van der Waals surface area (Å²) in [6, 6.07) is 17.4. The van der Waals surface area contributed by atoms with Crippen LogP contribution in [0.15, 0.2) is 109 Å². The van der Waals surface area contributed by atoms with E-state index in [1.807, 2.05) is 12.5 Å². The highest BCUT2D eigenvalue weighted by Gasteiger charge is 2.44. The first-order valence-corrected chi connectivity index (χ1v) is 16.5. The minimum Gasteiger partial charge on any atom is -0.342 e. The molecule has 4 nitrogen and oxygen atoms in total. The Hall–Kier alpha value is -2.77. The zero-order valence-electron chi connectivity index (χ0n) is 25.2. The van der Waals surface area contributed by atoms with Crippen molar-refractivity contribution < 1.29 is 12.9 Å². The molecule has 2 aromatic rings. The summed E-state index contributed by atoms with van der Waals surface area (Å²) in [6.07, 6.45) is 23.1. The lowest BCUT2D eigenvalue weighted by molar-refractivity contribution is -0.439. The average molecular weight is 588 g/mol. The second-order valence-corrected chi connectivity index (χ2v) is 12.2. The van der Waals surface area contributed by atoms with Gasteiger partial charge >= 0.3 is 0 Å². The summed E-state index contributed by atoms with van der Waals surface area (Å²) in [7, 11) is 0. The number of hydrogen-bond acceptors (Lipinski definition) is 5. The van der Waals surface area contributed by atoms with Gasteiger partial charge in [0.2, 0.25) is 5.69 Å². The van der Waals surface area contributed by atoms with Gasteiger partial charge in [0.25, 0.3) is 0 Å². The van der Waals surface area contributed by atoms with Gasteiger partial charge in [0.05, 0.1) is 12.0 Å². The van der Waals surface area contributed by atoms with Gasteiger partial charge in [-0.1, -0.05) is 92.8 Å². The second kappa shape index (κ2) is 14.4. The SMILES string of the molecule is CSOCCN1\C(=C/C=C/C=C/C=C/C=C/C2=[N+](CCOSC)c3ccccc3C2(C)C)C(C)(C)c2ccccc21. The first-order chi connectivity index (χ1) is 19.8. The molecule has 0 amide bonds. The molecule has 0 N–H and O–H groups in total. The van der Waals surface area contributed by atoms with E-state index in [9.17, 15) is 0 Å². The van der Waals surface area contributed by atoms with Gasteiger partial charge in [-0.25, -0.2) is 0 Å². The zero-order chi connectivity index (χ0) is 29.3. The van der Waals surface area contributed by atoms with Crippen LogP contribution in [0.2, 0.25) is 0 Å². The van der Waals surface area contributed by atoms with Crippen molar-refractivity contribution in [1.29, 1.82) is 0 Å². The highest BCUT2D eigenvalue weighted by molar-refractivity contribution is 7.94. The summed E-state index contributed by atoms with van der Waals surface area (Å²) in [5.74, 6) is 0. The Morgan fingerprint density at radius 2 is 1.34 bits per heavy atom. The quantitative estimate of drug-likeness (QED) is 0.101. The Morgan fingerprint density at radius 1 is 0.732 bits per heavy atom. The molecule has 6 heteroatoms. The van der Waals surface area contributed by atoms with E-state index in [1.165, 1.54) is 58.0 Å². The van der Waals surface area contributed by atoms with Crippen LogP contribution < -0.4 is 4.90 Å². The largest absolute Gasteiger partial charge is 0.342 e. The van der Waals surface area contributed by atoms with Gasteiger partial charge in [0.15, 0.2) is 12.3 Å². The Morgan fingerprint density at radius 3 is 2.07 bits per heavy atom. The van der Waals surface area contributed by atoms with Crippen LogP contribution in [0.3, 0.4) is 0 Å². The van der Waals surface area contributed by atoms with Crippen molar-refractivity contribution in [1.82, 2.24) is 0 Å².